The van der Waals surface area contributed by atoms with Crippen LogP contribution in [0.5, 0.6) is 0 Å². The van der Waals surface area contributed by atoms with Gasteiger partial charge < -0.3 is 0 Å². The van der Waals surface area contributed by atoms with Gasteiger partial charge in [-0.25, -0.2) is 8.78 Å². The number of alkyl halides is 3. The summed E-state index contributed by atoms with van der Waals surface area (Å²) in [7, 11) is 0. The molecule has 0 aromatic carbocycles. The van der Waals surface area contributed by atoms with Gasteiger partial charge in [0.15, 0.2) is 0 Å². The van der Waals surface area contributed by atoms with Crippen LogP contribution in [0.4, 0.5) is 8.78 Å². The normalized spacial score (nSPS) is 24.8. The molecular formula is C13H15BrClF2N. The summed E-state index contributed by atoms with van der Waals surface area (Å²) in [5.41, 5.74) is 0.961. The molecule has 0 spiro atoms. The van der Waals surface area contributed by atoms with E-state index in [9.17, 15) is 8.78 Å². The van der Waals surface area contributed by atoms with Gasteiger partial charge in [-0.05, 0) is 36.8 Å². The largest absolute Gasteiger partial charge is 0.263 e. The zero-order valence-electron chi connectivity index (χ0n) is 9.88. The summed E-state index contributed by atoms with van der Waals surface area (Å²) >= 11 is 9.58. The molecule has 2 unspecified atom stereocenters. The van der Waals surface area contributed by atoms with Crippen molar-refractivity contribution in [1.29, 1.82) is 0 Å². The fourth-order valence-corrected chi connectivity index (χ4v) is 3.46. The second-order valence-electron chi connectivity index (χ2n) is 4.90. The van der Waals surface area contributed by atoms with Crippen molar-refractivity contribution < 1.29 is 8.78 Å². The van der Waals surface area contributed by atoms with E-state index in [0.717, 1.165) is 12.0 Å². The van der Waals surface area contributed by atoms with Crippen LogP contribution >= 0.6 is 27.5 Å². The van der Waals surface area contributed by atoms with Gasteiger partial charge in [0.05, 0.1) is 5.02 Å². The second kappa shape index (κ2) is 5.83. The molecule has 1 nitrogen and oxygen atoms in total. The Bertz CT molecular complexity index is 414. The third-order valence-electron chi connectivity index (χ3n) is 3.46. The van der Waals surface area contributed by atoms with E-state index in [1.807, 2.05) is 6.07 Å². The van der Waals surface area contributed by atoms with Gasteiger partial charge in [0.2, 0.25) is 5.92 Å². The number of halogens is 4. The minimum Gasteiger partial charge on any atom is -0.263 e. The number of rotatable bonds is 3. The lowest BCUT2D eigenvalue weighted by Gasteiger charge is -2.32. The van der Waals surface area contributed by atoms with Crippen LogP contribution in [0.15, 0.2) is 18.5 Å². The van der Waals surface area contributed by atoms with Gasteiger partial charge in [-0.3, -0.25) is 4.98 Å². The van der Waals surface area contributed by atoms with Crippen LogP contribution < -0.4 is 0 Å². The van der Waals surface area contributed by atoms with Gasteiger partial charge in [-0.1, -0.05) is 27.5 Å². The maximum atomic E-state index is 13.4. The summed E-state index contributed by atoms with van der Waals surface area (Å²) in [4.78, 5) is 3.97. The maximum absolute atomic E-state index is 13.4. The highest BCUT2D eigenvalue weighted by molar-refractivity contribution is 9.09. The first-order chi connectivity index (χ1) is 8.48. The van der Waals surface area contributed by atoms with Crippen LogP contribution in [0.2, 0.25) is 5.02 Å². The summed E-state index contributed by atoms with van der Waals surface area (Å²) in [6.07, 6.45) is 5.40. The Hall–Kier alpha value is -0.220. The van der Waals surface area contributed by atoms with Crippen molar-refractivity contribution in [1.82, 2.24) is 4.98 Å². The quantitative estimate of drug-likeness (QED) is 0.717. The average Bonchev–Trinajstić information content (AvgIpc) is 2.31. The fraction of sp³-hybridized carbons (Fsp3) is 0.615. The van der Waals surface area contributed by atoms with Gasteiger partial charge >= 0.3 is 0 Å². The molecule has 1 aliphatic rings. The molecule has 1 aliphatic carbocycles. The van der Waals surface area contributed by atoms with Crippen LogP contribution in [-0.2, 0) is 6.42 Å². The SMILES string of the molecule is FC1(F)CCCC(C(Br)Cc2ccncc2Cl)C1. The van der Waals surface area contributed by atoms with Crippen molar-refractivity contribution in [3.05, 3.63) is 29.0 Å². The summed E-state index contributed by atoms with van der Waals surface area (Å²) < 4.78 is 26.8. The van der Waals surface area contributed by atoms with Crippen molar-refractivity contribution in [2.24, 2.45) is 5.92 Å². The van der Waals surface area contributed by atoms with Crippen LogP contribution in [0.1, 0.15) is 31.2 Å². The second-order valence-corrected chi connectivity index (χ2v) is 6.48. The average molecular weight is 339 g/mol. The molecule has 1 aromatic heterocycles. The first-order valence-electron chi connectivity index (χ1n) is 6.08. The molecule has 18 heavy (non-hydrogen) atoms. The highest BCUT2D eigenvalue weighted by Crippen LogP contribution is 2.40. The molecule has 2 rings (SSSR count). The molecule has 1 heterocycles. The maximum Gasteiger partial charge on any atom is 0.248 e. The topological polar surface area (TPSA) is 12.9 Å². The predicted octanol–water partition coefficient (Wildman–Crippen LogP) is 4.87. The Morgan fingerprint density at radius 3 is 3.00 bits per heavy atom. The molecule has 5 heteroatoms. The van der Waals surface area contributed by atoms with E-state index in [-0.39, 0.29) is 23.6 Å². The van der Waals surface area contributed by atoms with E-state index < -0.39 is 5.92 Å². The molecular weight excluding hydrogens is 324 g/mol. The first kappa shape index (κ1) is 14.2. The molecule has 100 valence electrons. The zero-order valence-corrected chi connectivity index (χ0v) is 12.2. The van der Waals surface area contributed by atoms with Crippen LogP contribution in [0.3, 0.4) is 0 Å². The van der Waals surface area contributed by atoms with Gasteiger partial charge in [0, 0.05) is 30.1 Å². The molecule has 0 aliphatic heterocycles. The lowest BCUT2D eigenvalue weighted by atomic mass is 9.83. The van der Waals surface area contributed by atoms with Crippen LogP contribution in [0, 0.1) is 5.92 Å². The van der Waals surface area contributed by atoms with E-state index in [2.05, 4.69) is 20.9 Å². The van der Waals surface area contributed by atoms with Crippen LogP contribution in [-0.4, -0.2) is 15.7 Å². The van der Waals surface area contributed by atoms with Gasteiger partial charge in [-0.2, -0.15) is 0 Å². The lowest BCUT2D eigenvalue weighted by Crippen LogP contribution is -2.31. The molecule has 0 N–H and O–H groups in total. The highest BCUT2D eigenvalue weighted by Gasteiger charge is 2.38. The zero-order chi connectivity index (χ0) is 13.2. The number of hydrogen-bond acceptors (Lipinski definition) is 1. The predicted molar refractivity (Wildman–Crippen MR) is 72.6 cm³/mol. The number of hydrogen-bond donors (Lipinski definition) is 0. The van der Waals surface area contributed by atoms with E-state index in [1.165, 1.54) is 0 Å². The van der Waals surface area contributed by atoms with Crippen molar-refractivity contribution in [2.75, 3.05) is 0 Å². The molecule has 0 radical (unpaired) electrons. The van der Waals surface area contributed by atoms with E-state index in [4.69, 9.17) is 11.6 Å². The van der Waals surface area contributed by atoms with E-state index >= 15 is 0 Å². The lowest BCUT2D eigenvalue weighted by molar-refractivity contribution is -0.0522. The van der Waals surface area contributed by atoms with Crippen molar-refractivity contribution in [2.45, 2.75) is 42.9 Å². The third kappa shape index (κ3) is 3.64. The van der Waals surface area contributed by atoms with Crippen molar-refractivity contribution in [3.63, 3.8) is 0 Å². The molecule has 1 aromatic rings. The summed E-state index contributed by atoms with van der Waals surface area (Å²) in [6, 6.07) is 1.84. The van der Waals surface area contributed by atoms with Crippen molar-refractivity contribution >= 4 is 27.5 Å². The van der Waals surface area contributed by atoms with Gasteiger partial charge in [0.25, 0.3) is 0 Å². The summed E-state index contributed by atoms with van der Waals surface area (Å²) in [5.74, 6) is -2.49. The summed E-state index contributed by atoms with van der Waals surface area (Å²) in [5, 5.41) is 0.601. The Kier molecular flexibility index (Phi) is 4.59. The minimum absolute atomic E-state index is 0.0120. The number of nitrogens with zero attached hydrogens (tertiary/aromatic N) is 1. The summed E-state index contributed by atoms with van der Waals surface area (Å²) in [6.45, 7) is 0. The van der Waals surface area contributed by atoms with E-state index in [1.54, 1.807) is 12.4 Å². The molecule has 1 fully saturated rings. The minimum atomic E-state index is -2.50. The number of pyridine rings is 1. The number of aromatic nitrogens is 1. The molecule has 0 bridgehead atoms. The van der Waals surface area contributed by atoms with E-state index in [0.29, 0.717) is 17.9 Å². The molecule has 1 saturated carbocycles. The molecule has 0 amide bonds. The first-order valence-corrected chi connectivity index (χ1v) is 7.37. The third-order valence-corrected chi connectivity index (χ3v) is 4.87. The van der Waals surface area contributed by atoms with Gasteiger partial charge in [0.1, 0.15) is 0 Å². The van der Waals surface area contributed by atoms with Gasteiger partial charge in [-0.15, -0.1) is 0 Å². The highest BCUT2D eigenvalue weighted by atomic mass is 79.9. The Morgan fingerprint density at radius 1 is 1.56 bits per heavy atom. The Balaban J connectivity index is 2.00. The van der Waals surface area contributed by atoms with Crippen LogP contribution in [0.25, 0.3) is 0 Å². The molecule has 2 atom stereocenters. The molecule has 0 saturated heterocycles. The smallest absolute Gasteiger partial charge is 0.248 e. The standard InChI is InChI=1S/C13H15BrClF2N/c14-11(6-9-3-5-18-8-12(9)15)10-2-1-4-13(16,17)7-10/h3,5,8,10-11H,1-2,4,6-7H2. The fourth-order valence-electron chi connectivity index (χ4n) is 2.47. The Labute approximate surface area is 119 Å². The monoisotopic (exact) mass is 337 g/mol. The van der Waals surface area contributed by atoms with Crippen molar-refractivity contribution in [3.8, 4) is 0 Å². The Morgan fingerprint density at radius 2 is 2.33 bits per heavy atom.